The van der Waals surface area contributed by atoms with Crippen LogP contribution in [0.15, 0.2) is 96.1 Å². The van der Waals surface area contributed by atoms with Gasteiger partial charge in [-0.25, -0.2) is 5.43 Å². The van der Waals surface area contributed by atoms with Gasteiger partial charge >= 0.3 is 0 Å². The summed E-state index contributed by atoms with van der Waals surface area (Å²) in [5.74, 6) is 0.335. The molecule has 0 fully saturated rings. The lowest BCUT2D eigenvalue weighted by atomic mass is 10.1. The number of benzene rings is 3. The first-order valence-electron chi connectivity index (χ1n) is 9.51. The van der Waals surface area contributed by atoms with E-state index >= 15 is 0 Å². The van der Waals surface area contributed by atoms with E-state index in [1.54, 1.807) is 6.92 Å². The second-order valence-electron chi connectivity index (χ2n) is 6.62. The number of nitrogens with one attached hydrogen (secondary N) is 1. The molecule has 1 N–H and O–H groups in total. The van der Waals surface area contributed by atoms with Gasteiger partial charge in [0.25, 0.3) is 5.91 Å². The Morgan fingerprint density at radius 2 is 1.48 bits per heavy atom. The number of nitrogens with zero attached hydrogens (tertiary/aromatic N) is 1. The molecule has 0 aliphatic carbocycles. The fraction of sp³-hybridized carbons (Fsp3) is 0.120. The van der Waals surface area contributed by atoms with Crippen LogP contribution >= 0.6 is 0 Å². The van der Waals surface area contributed by atoms with Crippen molar-refractivity contribution in [2.24, 2.45) is 5.10 Å². The zero-order chi connectivity index (χ0) is 20.5. The Morgan fingerprint density at radius 1 is 0.897 bits per heavy atom. The van der Waals surface area contributed by atoms with Crippen molar-refractivity contribution in [1.29, 1.82) is 0 Å². The number of carbonyl (C=O) groups is 1. The summed E-state index contributed by atoms with van der Waals surface area (Å²) in [5, 5.41) is 4.11. The van der Waals surface area contributed by atoms with Gasteiger partial charge in [-0.1, -0.05) is 78.9 Å². The Labute approximate surface area is 171 Å². The van der Waals surface area contributed by atoms with Crippen molar-refractivity contribution < 1.29 is 9.53 Å². The minimum Gasteiger partial charge on any atom is -0.481 e. The molecule has 0 heterocycles. The first kappa shape index (κ1) is 20.1. The summed E-state index contributed by atoms with van der Waals surface area (Å²) in [6.07, 6.45) is 3.13. The lowest BCUT2D eigenvalue weighted by Crippen LogP contribution is -2.33. The van der Waals surface area contributed by atoms with Crippen molar-refractivity contribution in [2.45, 2.75) is 20.0 Å². The Bertz CT molecular complexity index is 978. The van der Waals surface area contributed by atoms with Gasteiger partial charge in [0.1, 0.15) is 5.75 Å². The minimum absolute atomic E-state index is 0.301. The topological polar surface area (TPSA) is 50.7 Å². The fourth-order valence-corrected chi connectivity index (χ4v) is 2.67. The molecule has 0 saturated heterocycles. The quantitative estimate of drug-likeness (QED) is 0.442. The summed E-state index contributed by atoms with van der Waals surface area (Å²) in [6.45, 7) is 3.53. The summed E-state index contributed by atoms with van der Waals surface area (Å²) in [5.41, 5.74) is 6.55. The summed E-state index contributed by atoms with van der Waals surface area (Å²) in [7, 11) is 0. The maximum absolute atomic E-state index is 12.2. The average Bonchev–Trinajstić information content (AvgIpc) is 2.77. The maximum Gasteiger partial charge on any atom is 0.280 e. The third-order valence-corrected chi connectivity index (χ3v) is 4.30. The lowest BCUT2D eigenvalue weighted by Gasteiger charge is -2.13. The van der Waals surface area contributed by atoms with E-state index in [1.807, 2.05) is 91.9 Å². The SMILES string of the molecule is CC(/C=C/c1ccccc1)=N/NC(=O)[C@@H](C)Oc1ccc(-c2ccccc2)cc1. The van der Waals surface area contributed by atoms with Crippen molar-refractivity contribution in [3.63, 3.8) is 0 Å². The molecule has 29 heavy (non-hydrogen) atoms. The second-order valence-corrected chi connectivity index (χ2v) is 6.62. The molecule has 0 spiro atoms. The standard InChI is InChI=1S/C25H24N2O2/c1-19(13-14-21-9-5-3-6-10-21)26-27-25(28)20(2)29-24-17-15-23(16-18-24)22-11-7-4-8-12-22/h3-18,20H,1-2H3,(H,27,28)/b14-13+,26-19-/t20-/m1/s1. The zero-order valence-corrected chi connectivity index (χ0v) is 16.6. The van der Waals surface area contributed by atoms with Crippen LogP contribution in [0.2, 0.25) is 0 Å². The van der Waals surface area contributed by atoms with E-state index in [0.29, 0.717) is 11.5 Å². The van der Waals surface area contributed by atoms with E-state index < -0.39 is 6.10 Å². The summed E-state index contributed by atoms with van der Waals surface area (Å²) < 4.78 is 5.73. The van der Waals surface area contributed by atoms with Gasteiger partial charge < -0.3 is 4.74 Å². The smallest absolute Gasteiger partial charge is 0.280 e. The number of amides is 1. The van der Waals surface area contributed by atoms with Crippen LogP contribution in [-0.2, 0) is 4.79 Å². The van der Waals surface area contributed by atoms with Crippen LogP contribution in [0.3, 0.4) is 0 Å². The molecule has 0 saturated carbocycles. The molecule has 0 aliphatic heterocycles. The molecule has 4 nitrogen and oxygen atoms in total. The van der Waals surface area contributed by atoms with Gasteiger partial charge in [0.2, 0.25) is 0 Å². The second kappa shape index (κ2) is 10.0. The van der Waals surface area contributed by atoms with E-state index in [0.717, 1.165) is 16.7 Å². The molecule has 3 aromatic carbocycles. The molecule has 0 aliphatic rings. The number of ether oxygens (including phenoxy) is 1. The van der Waals surface area contributed by atoms with Crippen molar-refractivity contribution in [1.82, 2.24) is 5.43 Å². The van der Waals surface area contributed by atoms with E-state index in [1.165, 1.54) is 0 Å². The molecule has 0 bridgehead atoms. The molecular formula is C25H24N2O2. The highest BCUT2D eigenvalue weighted by Crippen LogP contribution is 2.22. The Hall–Kier alpha value is -3.66. The molecule has 4 heteroatoms. The first-order valence-corrected chi connectivity index (χ1v) is 9.51. The largest absolute Gasteiger partial charge is 0.481 e. The van der Waals surface area contributed by atoms with E-state index in [-0.39, 0.29) is 5.91 Å². The molecule has 0 aromatic heterocycles. The van der Waals surface area contributed by atoms with Gasteiger partial charge in [-0.2, -0.15) is 5.10 Å². The number of carbonyl (C=O) groups excluding carboxylic acids is 1. The number of hydrazone groups is 1. The minimum atomic E-state index is -0.660. The summed E-state index contributed by atoms with van der Waals surface area (Å²) in [6, 6.07) is 27.7. The van der Waals surface area contributed by atoms with Gasteiger partial charge in [0.15, 0.2) is 6.10 Å². The highest BCUT2D eigenvalue weighted by Gasteiger charge is 2.14. The van der Waals surface area contributed by atoms with Gasteiger partial charge in [-0.3, -0.25) is 4.79 Å². The Kier molecular flexibility index (Phi) is 6.95. The number of allylic oxidation sites excluding steroid dienone is 1. The first-order chi connectivity index (χ1) is 14.1. The number of hydrogen-bond donors (Lipinski definition) is 1. The third-order valence-electron chi connectivity index (χ3n) is 4.30. The fourth-order valence-electron chi connectivity index (χ4n) is 2.67. The summed E-state index contributed by atoms with van der Waals surface area (Å²) in [4.78, 5) is 12.2. The van der Waals surface area contributed by atoms with Crippen LogP contribution in [0.1, 0.15) is 19.4 Å². The molecule has 0 unspecified atom stereocenters. The van der Waals surface area contributed by atoms with Gasteiger partial charge in [0, 0.05) is 0 Å². The monoisotopic (exact) mass is 384 g/mol. The number of rotatable bonds is 7. The normalized spacial score (nSPS) is 12.6. The van der Waals surface area contributed by atoms with Crippen LogP contribution in [-0.4, -0.2) is 17.7 Å². The van der Waals surface area contributed by atoms with Crippen molar-refractivity contribution in [3.8, 4) is 16.9 Å². The van der Waals surface area contributed by atoms with Gasteiger partial charge in [-0.15, -0.1) is 0 Å². The van der Waals surface area contributed by atoms with Crippen LogP contribution in [0, 0.1) is 0 Å². The zero-order valence-electron chi connectivity index (χ0n) is 16.6. The maximum atomic E-state index is 12.2. The number of hydrogen-bond acceptors (Lipinski definition) is 3. The van der Waals surface area contributed by atoms with Crippen molar-refractivity contribution >= 4 is 17.7 Å². The molecule has 146 valence electrons. The molecule has 1 atom stereocenters. The van der Waals surface area contributed by atoms with E-state index in [4.69, 9.17) is 4.74 Å². The lowest BCUT2D eigenvalue weighted by molar-refractivity contribution is -0.127. The highest BCUT2D eigenvalue weighted by molar-refractivity contribution is 5.97. The van der Waals surface area contributed by atoms with Gasteiger partial charge in [-0.05, 0) is 48.7 Å². The highest BCUT2D eigenvalue weighted by atomic mass is 16.5. The molecule has 1 amide bonds. The molecule has 0 radical (unpaired) electrons. The van der Waals surface area contributed by atoms with E-state index in [2.05, 4.69) is 22.7 Å². The van der Waals surface area contributed by atoms with Crippen LogP contribution in [0.4, 0.5) is 0 Å². The molecule has 3 rings (SSSR count). The van der Waals surface area contributed by atoms with Crippen LogP contribution in [0.25, 0.3) is 17.2 Å². The molecular weight excluding hydrogens is 360 g/mol. The molecule has 3 aromatic rings. The Balaban J connectivity index is 1.53. The predicted molar refractivity (Wildman–Crippen MR) is 119 cm³/mol. The van der Waals surface area contributed by atoms with E-state index in [9.17, 15) is 4.79 Å². The predicted octanol–water partition coefficient (Wildman–Crippen LogP) is 5.33. The van der Waals surface area contributed by atoms with Crippen LogP contribution in [0.5, 0.6) is 5.75 Å². The van der Waals surface area contributed by atoms with Crippen LogP contribution < -0.4 is 10.2 Å². The van der Waals surface area contributed by atoms with Crippen molar-refractivity contribution in [3.05, 3.63) is 96.6 Å². The average molecular weight is 384 g/mol. The van der Waals surface area contributed by atoms with Gasteiger partial charge in [0.05, 0.1) is 5.71 Å². The van der Waals surface area contributed by atoms with Crippen molar-refractivity contribution in [2.75, 3.05) is 0 Å². The third kappa shape index (κ3) is 6.18. The summed E-state index contributed by atoms with van der Waals surface area (Å²) >= 11 is 0. The Morgan fingerprint density at radius 3 is 2.14 bits per heavy atom.